The summed E-state index contributed by atoms with van der Waals surface area (Å²) in [6, 6.07) is 2.32. The molecule has 1 aliphatic rings. The van der Waals surface area contributed by atoms with E-state index in [1.165, 1.54) is 24.1 Å². The number of ether oxygens (including phenoxy) is 1. The monoisotopic (exact) mass is 266 g/mol. The zero-order valence-electron chi connectivity index (χ0n) is 10.8. The zero-order chi connectivity index (χ0) is 14.2. The highest BCUT2D eigenvalue weighted by Crippen LogP contribution is 2.28. The predicted molar refractivity (Wildman–Crippen MR) is 67.4 cm³/mol. The molecule has 1 heterocycles. The van der Waals surface area contributed by atoms with Gasteiger partial charge in [-0.05, 0) is 24.6 Å². The molecule has 2 rings (SSSR count). The van der Waals surface area contributed by atoms with Crippen LogP contribution in [0.1, 0.15) is 22.3 Å². The number of anilines is 1. The van der Waals surface area contributed by atoms with Crippen molar-refractivity contribution >= 4 is 17.6 Å². The summed E-state index contributed by atoms with van der Waals surface area (Å²) in [6.07, 6.45) is 0.254. The fourth-order valence-electron chi connectivity index (χ4n) is 2.19. The number of hydrogen-bond acceptors (Lipinski definition) is 4. The van der Waals surface area contributed by atoms with Crippen LogP contribution in [-0.4, -0.2) is 31.6 Å². The van der Waals surface area contributed by atoms with Crippen molar-refractivity contribution in [2.75, 3.05) is 18.6 Å². The van der Waals surface area contributed by atoms with Gasteiger partial charge in [0.05, 0.1) is 12.7 Å². The first-order valence-corrected chi connectivity index (χ1v) is 5.88. The molecule has 5 nitrogen and oxygen atoms in total. The van der Waals surface area contributed by atoms with E-state index in [-0.39, 0.29) is 23.9 Å². The Morgan fingerprint density at radius 3 is 2.74 bits per heavy atom. The van der Waals surface area contributed by atoms with Crippen LogP contribution in [0, 0.1) is 12.7 Å². The summed E-state index contributed by atoms with van der Waals surface area (Å²) < 4.78 is 18.2. The quantitative estimate of drug-likeness (QED) is 0.810. The van der Waals surface area contributed by atoms with E-state index in [2.05, 4.69) is 4.74 Å². The van der Waals surface area contributed by atoms with Crippen molar-refractivity contribution in [3.63, 3.8) is 0 Å². The summed E-state index contributed by atoms with van der Waals surface area (Å²) >= 11 is 0. The van der Waals surface area contributed by atoms with Crippen molar-refractivity contribution in [2.24, 2.45) is 5.73 Å². The van der Waals surface area contributed by atoms with Crippen LogP contribution in [0.2, 0.25) is 0 Å². The van der Waals surface area contributed by atoms with Crippen LogP contribution in [0.15, 0.2) is 12.1 Å². The van der Waals surface area contributed by atoms with Gasteiger partial charge in [0.15, 0.2) is 0 Å². The van der Waals surface area contributed by atoms with E-state index in [9.17, 15) is 14.0 Å². The van der Waals surface area contributed by atoms with Gasteiger partial charge in [0.2, 0.25) is 5.91 Å². The van der Waals surface area contributed by atoms with Crippen LogP contribution in [-0.2, 0) is 9.53 Å². The minimum absolute atomic E-state index is 0.127. The van der Waals surface area contributed by atoms with Crippen LogP contribution in [0.4, 0.5) is 10.1 Å². The summed E-state index contributed by atoms with van der Waals surface area (Å²) in [6.45, 7) is 2.04. The third-order valence-electron chi connectivity index (χ3n) is 3.14. The maximum atomic E-state index is 13.7. The smallest absolute Gasteiger partial charge is 0.340 e. The fourth-order valence-corrected chi connectivity index (χ4v) is 2.19. The highest BCUT2D eigenvalue weighted by Gasteiger charge is 2.30. The Hall–Kier alpha value is -1.95. The molecule has 6 heteroatoms. The lowest BCUT2D eigenvalue weighted by Crippen LogP contribution is -2.29. The summed E-state index contributed by atoms with van der Waals surface area (Å²) in [5, 5.41) is 0. The minimum atomic E-state index is -0.769. The molecule has 19 heavy (non-hydrogen) atoms. The van der Waals surface area contributed by atoms with E-state index in [0.717, 1.165) is 0 Å². The van der Waals surface area contributed by atoms with Crippen molar-refractivity contribution in [2.45, 2.75) is 19.4 Å². The van der Waals surface area contributed by atoms with E-state index >= 15 is 0 Å². The maximum Gasteiger partial charge on any atom is 0.340 e. The van der Waals surface area contributed by atoms with Crippen molar-refractivity contribution in [3.05, 3.63) is 29.1 Å². The first-order chi connectivity index (χ1) is 8.93. The van der Waals surface area contributed by atoms with Gasteiger partial charge < -0.3 is 15.4 Å². The first kappa shape index (κ1) is 13.5. The van der Waals surface area contributed by atoms with Crippen molar-refractivity contribution in [3.8, 4) is 0 Å². The summed E-state index contributed by atoms with van der Waals surface area (Å²) in [7, 11) is 1.18. The van der Waals surface area contributed by atoms with Gasteiger partial charge in [0, 0.05) is 24.7 Å². The summed E-state index contributed by atoms with van der Waals surface area (Å²) in [5.41, 5.74) is 6.62. The lowest BCUT2D eigenvalue weighted by molar-refractivity contribution is -0.117. The van der Waals surface area contributed by atoms with Crippen LogP contribution in [0.5, 0.6) is 0 Å². The van der Waals surface area contributed by atoms with E-state index in [4.69, 9.17) is 5.73 Å². The minimum Gasteiger partial charge on any atom is -0.465 e. The van der Waals surface area contributed by atoms with Gasteiger partial charge in [0.25, 0.3) is 0 Å². The van der Waals surface area contributed by atoms with Gasteiger partial charge in [-0.25, -0.2) is 9.18 Å². The largest absolute Gasteiger partial charge is 0.465 e. The molecule has 1 amide bonds. The molecule has 102 valence electrons. The number of benzene rings is 1. The number of nitrogens with zero attached hydrogens (tertiary/aromatic N) is 1. The Morgan fingerprint density at radius 2 is 2.21 bits per heavy atom. The molecule has 0 aromatic heterocycles. The average molecular weight is 266 g/mol. The molecule has 1 aliphatic heterocycles. The van der Waals surface area contributed by atoms with Gasteiger partial charge in [-0.1, -0.05) is 0 Å². The Kier molecular flexibility index (Phi) is 3.53. The molecule has 1 aromatic rings. The highest BCUT2D eigenvalue weighted by molar-refractivity contribution is 5.99. The molecular weight excluding hydrogens is 251 g/mol. The number of rotatable bonds is 2. The second-order valence-electron chi connectivity index (χ2n) is 4.58. The number of aryl methyl sites for hydroxylation is 1. The molecule has 0 bridgehead atoms. The van der Waals surface area contributed by atoms with Gasteiger partial charge >= 0.3 is 5.97 Å². The van der Waals surface area contributed by atoms with Crippen molar-refractivity contribution in [1.82, 2.24) is 0 Å². The van der Waals surface area contributed by atoms with Gasteiger partial charge in [-0.3, -0.25) is 4.79 Å². The Morgan fingerprint density at radius 1 is 1.53 bits per heavy atom. The molecular formula is C13H15FN2O3. The topological polar surface area (TPSA) is 72.6 Å². The second kappa shape index (κ2) is 4.97. The fraction of sp³-hybridized carbons (Fsp3) is 0.385. The van der Waals surface area contributed by atoms with Crippen molar-refractivity contribution in [1.29, 1.82) is 0 Å². The second-order valence-corrected chi connectivity index (χ2v) is 4.58. The number of halogens is 1. The van der Waals surface area contributed by atoms with E-state index in [1.807, 2.05) is 0 Å². The number of carbonyl (C=O) groups is 2. The summed E-state index contributed by atoms with van der Waals surface area (Å²) in [5.74, 6) is -1.56. The predicted octanol–water partition coefficient (Wildman–Crippen LogP) is 0.985. The molecule has 1 unspecified atom stereocenters. The molecule has 0 spiro atoms. The van der Waals surface area contributed by atoms with Crippen LogP contribution in [0.25, 0.3) is 0 Å². The Balaban J connectivity index is 2.46. The normalized spacial score (nSPS) is 18.8. The standard InChI is InChI=1S/C13H15FN2O3/c1-7-3-10(14)9(13(18)19-2)5-11(7)16-6-8(15)4-12(16)17/h3,5,8H,4,6,15H2,1-2H3. The number of amides is 1. The first-order valence-electron chi connectivity index (χ1n) is 5.88. The lowest BCUT2D eigenvalue weighted by atomic mass is 10.1. The zero-order valence-corrected chi connectivity index (χ0v) is 10.8. The number of hydrogen-bond donors (Lipinski definition) is 1. The van der Waals surface area contributed by atoms with Gasteiger partial charge in [-0.15, -0.1) is 0 Å². The Bertz CT molecular complexity index is 545. The molecule has 0 aliphatic carbocycles. The van der Waals surface area contributed by atoms with Crippen LogP contribution in [0.3, 0.4) is 0 Å². The average Bonchev–Trinajstić information content (AvgIpc) is 2.67. The molecule has 1 fully saturated rings. The summed E-state index contributed by atoms with van der Waals surface area (Å²) in [4.78, 5) is 24.8. The highest BCUT2D eigenvalue weighted by atomic mass is 19.1. The number of carbonyl (C=O) groups excluding carboxylic acids is 2. The molecule has 1 atom stereocenters. The molecule has 0 radical (unpaired) electrons. The molecule has 0 saturated carbocycles. The molecule has 1 aromatic carbocycles. The third-order valence-corrected chi connectivity index (χ3v) is 3.14. The Labute approximate surface area is 110 Å². The number of methoxy groups -OCH3 is 1. The van der Waals surface area contributed by atoms with Crippen molar-refractivity contribution < 1.29 is 18.7 Å². The van der Waals surface area contributed by atoms with Gasteiger partial charge in [0.1, 0.15) is 5.82 Å². The third kappa shape index (κ3) is 2.44. The van der Waals surface area contributed by atoms with Crippen LogP contribution < -0.4 is 10.6 Å². The maximum absolute atomic E-state index is 13.7. The van der Waals surface area contributed by atoms with E-state index in [1.54, 1.807) is 6.92 Å². The number of nitrogens with two attached hydrogens (primary N) is 1. The lowest BCUT2D eigenvalue weighted by Gasteiger charge is -2.19. The molecule has 2 N–H and O–H groups in total. The van der Waals surface area contributed by atoms with Gasteiger partial charge in [-0.2, -0.15) is 0 Å². The van der Waals surface area contributed by atoms with Crippen LogP contribution >= 0.6 is 0 Å². The number of esters is 1. The molecule has 1 saturated heterocycles. The SMILES string of the molecule is COC(=O)c1cc(N2CC(N)CC2=O)c(C)cc1F. The van der Waals surface area contributed by atoms with E-state index < -0.39 is 11.8 Å². The van der Waals surface area contributed by atoms with E-state index in [0.29, 0.717) is 17.8 Å².